The predicted molar refractivity (Wildman–Crippen MR) is 70.1 cm³/mol. The molecule has 0 saturated heterocycles. The predicted octanol–water partition coefficient (Wildman–Crippen LogP) is 4.00. The lowest BCUT2D eigenvalue weighted by molar-refractivity contribution is 0.102. The van der Waals surface area contributed by atoms with Gasteiger partial charge in [0.1, 0.15) is 11.6 Å². The van der Waals surface area contributed by atoms with Gasteiger partial charge in [-0.05, 0) is 40.2 Å². The normalized spacial score (nSPS) is 10.4. The van der Waals surface area contributed by atoms with E-state index in [2.05, 4.69) is 21.2 Å². The Bertz CT molecular complexity index is 580. The number of rotatable bonds is 3. The van der Waals surface area contributed by atoms with Gasteiger partial charge in [0.2, 0.25) is 0 Å². The van der Waals surface area contributed by atoms with Gasteiger partial charge in [0.15, 0.2) is 0 Å². The van der Waals surface area contributed by atoms with E-state index in [9.17, 15) is 9.18 Å². The van der Waals surface area contributed by atoms with Crippen LogP contribution in [0.2, 0.25) is 0 Å². The fourth-order valence-electron chi connectivity index (χ4n) is 1.59. The molecule has 1 N–H and O–H groups in total. The molecular formula is C13H11BrFNO2. The van der Waals surface area contributed by atoms with Crippen LogP contribution >= 0.6 is 15.9 Å². The van der Waals surface area contributed by atoms with Gasteiger partial charge in [0.05, 0.1) is 16.3 Å². The molecule has 5 heteroatoms. The number of hydrogen-bond acceptors (Lipinski definition) is 2. The van der Waals surface area contributed by atoms with Gasteiger partial charge in [-0.3, -0.25) is 4.79 Å². The smallest absolute Gasteiger partial charge is 0.259 e. The number of anilines is 1. The first-order valence-corrected chi connectivity index (χ1v) is 6.24. The number of aryl methyl sites for hydroxylation is 1. The van der Waals surface area contributed by atoms with Crippen molar-refractivity contribution in [3.63, 3.8) is 0 Å². The van der Waals surface area contributed by atoms with Crippen molar-refractivity contribution >= 4 is 27.5 Å². The van der Waals surface area contributed by atoms with E-state index in [1.165, 1.54) is 24.5 Å². The molecule has 0 aliphatic rings. The zero-order valence-corrected chi connectivity index (χ0v) is 11.3. The zero-order chi connectivity index (χ0) is 13.1. The molecule has 3 nitrogen and oxygen atoms in total. The van der Waals surface area contributed by atoms with Crippen LogP contribution < -0.4 is 5.32 Å². The molecule has 1 amide bonds. The Morgan fingerprint density at radius 1 is 1.44 bits per heavy atom. The van der Waals surface area contributed by atoms with E-state index in [4.69, 9.17) is 4.42 Å². The average Bonchev–Trinajstić information content (AvgIpc) is 2.82. The molecule has 0 saturated carbocycles. The molecule has 0 bridgehead atoms. The summed E-state index contributed by atoms with van der Waals surface area (Å²) in [5.74, 6) is -0.00153. The summed E-state index contributed by atoms with van der Waals surface area (Å²) in [6.07, 6.45) is 2.12. The largest absolute Gasteiger partial charge is 0.469 e. The maximum atomic E-state index is 13.1. The molecule has 0 aliphatic heterocycles. The summed E-state index contributed by atoms with van der Waals surface area (Å²) in [6.45, 7) is 1.91. The van der Waals surface area contributed by atoms with Crippen LogP contribution in [0.5, 0.6) is 0 Å². The van der Waals surface area contributed by atoms with Gasteiger partial charge in [-0.2, -0.15) is 0 Å². The number of carbonyl (C=O) groups is 1. The Balaban J connectivity index is 2.19. The SMILES string of the molecule is CCc1occc1C(=O)Nc1ccc(F)c(Br)c1. The van der Waals surface area contributed by atoms with Crippen molar-refractivity contribution in [2.45, 2.75) is 13.3 Å². The molecule has 0 aliphatic carbocycles. The van der Waals surface area contributed by atoms with Crippen molar-refractivity contribution in [2.24, 2.45) is 0 Å². The number of halogens is 2. The van der Waals surface area contributed by atoms with Gasteiger partial charge >= 0.3 is 0 Å². The minimum Gasteiger partial charge on any atom is -0.469 e. The highest BCUT2D eigenvalue weighted by Gasteiger charge is 2.13. The third-order valence-electron chi connectivity index (χ3n) is 2.49. The molecular weight excluding hydrogens is 301 g/mol. The standard InChI is InChI=1S/C13H11BrFNO2/c1-2-12-9(5-6-18-12)13(17)16-8-3-4-11(15)10(14)7-8/h3-7H,2H2,1H3,(H,16,17). The van der Waals surface area contributed by atoms with Crippen molar-refractivity contribution in [2.75, 3.05) is 5.32 Å². The molecule has 94 valence electrons. The fraction of sp³-hybridized carbons (Fsp3) is 0.154. The molecule has 18 heavy (non-hydrogen) atoms. The highest BCUT2D eigenvalue weighted by atomic mass is 79.9. The minimum atomic E-state index is -0.370. The highest BCUT2D eigenvalue weighted by molar-refractivity contribution is 9.10. The zero-order valence-electron chi connectivity index (χ0n) is 9.67. The first-order valence-electron chi connectivity index (χ1n) is 5.44. The molecule has 2 aromatic rings. The van der Waals surface area contributed by atoms with Crippen molar-refractivity contribution in [1.82, 2.24) is 0 Å². The fourth-order valence-corrected chi connectivity index (χ4v) is 1.97. The summed E-state index contributed by atoms with van der Waals surface area (Å²) in [4.78, 5) is 12.0. The van der Waals surface area contributed by atoms with E-state index in [1.807, 2.05) is 6.92 Å². The summed E-state index contributed by atoms with van der Waals surface area (Å²) in [5, 5.41) is 2.69. The van der Waals surface area contributed by atoms with Crippen molar-refractivity contribution in [1.29, 1.82) is 0 Å². The Kier molecular flexibility index (Phi) is 3.81. The molecule has 1 aromatic carbocycles. The lowest BCUT2D eigenvalue weighted by Crippen LogP contribution is -2.12. The number of hydrogen-bond donors (Lipinski definition) is 1. The van der Waals surface area contributed by atoms with Crippen LogP contribution in [0.4, 0.5) is 10.1 Å². The van der Waals surface area contributed by atoms with E-state index >= 15 is 0 Å². The molecule has 2 rings (SSSR count). The molecule has 0 atom stereocenters. The van der Waals surface area contributed by atoms with E-state index in [0.717, 1.165) is 0 Å². The van der Waals surface area contributed by atoms with Crippen LogP contribution in [0.1, 0.15) is 23.0 Å². The quantitative estimate of drug-likeness (QED) is 0.931. The van der Waals surface area contributed by atoms with Crippen LogP contribution in [0, 0.1) is 5.82 Å². The van der Waals surface area contributed by atoms with Crippen LogP contribution in [0.25, 0.3) is 0 Å². The molecule has 0 unspecified atom stereocenters. The third-order valence-corrected chi connectivity index (χ3v) is 3.10. The van der Waals surface area contributed by atoms with E-state index in [-0.39, 0.29) is 11.7 Å². The molecule has 0 radical (unpaired) electrons. The minimum absolute atomic E-state index is 0.265. The van der Waals surface area contributed by atoms with E-state index < -0.39 is 0 Å². The summed E-state index contributed by atoms with van der Waals surface area (Å²) in [7, 11) is 0. The Hall–Kier alpha value is -1.62. The van der Waals surface area contributed by atoms with Crippen LogP contribution in [0.15, 0.2) is 39.4 Å². The number of amides is 1. The number of nitrogens with one attached hydrogen (secondary N) is 1. The molecule has 1 aromatic heterocycles. The Labute approximate surface area is 112 Å². The monoisotopic (exact) mass is 311 g/mol. The number of carbonyl (C=O) groups excluding carboxylic acids is 1. The first-order chi connectivity index (χ1) is 8.61. The summed E-state index contributed by atoms with van der Waals surface area (Å²) in [5.41, 5.74) is 1.02. The molecule has 1 heterocycles. The third kappa shape index (κ3) is 2.61. The second-order valence-electron chi connectivity index (χ2n) is 3.69. The molecule has 0 fully saturated rings. The second-order valence-corrected chi connectivity index (χ2v) is 4.55. The van der Waals surface area contributed by atoms with Crippen LogP contribution in [-0.2, 0) is 6.42 Å². The topological polar surface area (TPSA) is 42.2 Å². The van der Waals surface area contributed by atoms with Gasteiger partial charge in [-0.25, -0.2) is 4.39 Å². The average molecular weight is 312 g/mol. The highest BCUT2D eigenvalue weighted by Crippen LogP contribution is 2.21. The van der Waals surface area contributed by atoms with Gasteiger partial charge in [0, 0.05) is 12.1 Å². The van der Waals surface area contributed by atoms with Crippen LogP contribution in [0.3, 0.4) is 0 Å². The molecule has 0 spiro atoms. The lowest BCUT2D eigenvalue weighted by Gasteiger charge is -2.05. The van der Waals surface area contributed by atoms with Gasteiger partial charge in [-0.15, -0.1) is 0 Å². The van der Waals surface area contributed by atoms with Crippen LogP contribution in [-0.4, -0.2) is 5.91 Å². The Morgan fingerprint density at radius 3 is 2.89 bits per heavy atom. The lowest BCUT2D eigenvalue weighted by atomic mass is 10.2. The Morgan fingerprint density at radius 2 is 2.22 bits per heavy atom. The number of furan rings is 1. The second kappa shape index (κ2) is 5.35. The maximum absolute atomic E-state index is 13.1. The van der Waals surface area contributed by atoms with E-state index in [0.29, 0.717) is 27.9 Å². The number of benzene rings is 1. The summed E-state index contributed by atoms with van der Waals surface area (Å²) >= 11 is 3.07. The first kappa shape index (κ1) is 12.8. The van der Waals surface area contributed by atoms with Crippen molar-refractivity contribution < 1.29 is 13.6 Å². The summed E-state index contributed by atoms with van der Waals surface area (Å²) in [6, 6.07) is 5.92. The van der Waals surface area contributed by atoms with Gasteiger partial charge in [0.25, 0.3) is 5.91 Å². The van der Waals surface area contributed by atoms with Gasteiger partial charge < -0.3 is 9.73 Å². The van der Waals surface area contributed by atoms with Crippen molar-refractivity contribution in [3.8, 4) is 0 Å². The van der Waals surface area contributed by atoms with E-state index in [1.54, 1.807) is 6.07 Å². The maximum Gasteiger partial charge on any atom is 0.259 e. The van der Waals surface area contributed by atoms with Gasteiger partial charge in [-0.1, -0.05) is 6.92 Å². The van der Waals surface area contributed by atoms with Crippen molar-refractivity contribution in [3.05, 3.63) is 52.1 Å². The summed E-state index contributed by atoms with van der Waals surface area (Å²) < 4.78 is 18.5.